The second-order valence-corrected chi connectivity index (χ2v) is 9.96. The molecule has 0 unspecified atom stereocenters. The molecule has 12 heteroatoms. The number of carbonyl (C=O) groups is 1. The van der Waals surface area contributed by atoms with Crippen molar-refractivity contribution in [2.75, 3.05) is 36.6 Å². The van der Waals surface area contributed by atoms with E-state index >= 15 is 0 Å². The van der Waals surface area contributed by atoms with Crippen LogP contribution in [-0.2, 0) is 16.4 Å². The van der Waals surface area contributed by atoms with Crippen molar-refractivity contribution < 1.29 is 31.1 Å². The van der Waals surface area contributed by atoms with Crippen molar-refractivity contribution in [2.24, 2.45) is 0 Å². The molecule has 1 aliphatic rings. The molecule has 0 radical (unpaired) electrons. The van der Waals surface area contributed by atoms with E-state index in [-0.39, 0.29) is 43.1 Å². The van der Waals surface area contributed by atoms with Gasteiger partial charge in [-0.3, -0.25) is 4.90 Å². The number of benzene rings is 2. The molecule has 4 rings (SSSR count). The van der Waals surface area contributed by atoms with Crippen molar-refractivity contribution in [1.82, 2.24) is 15.1 Å². The van der Waals surface area contributed by atoms with Gasteiger partial charge in [0.2, 0.25) is 5.89 Å². The van der Waals surface area contributed by atoms with Crippen molar-refractivity contribution in [1.29, 1.82) is 0 Å². The summed E-state index contributed by atoms with van der Waals surface area (Å²) in [6, 6.07) is 13.4. The Morgan fingerprint density at radius 1 is 1.15 bits per heavy atom. The molecule has 0 bridgehead atoms. The molecule has 2 amide bonds. The Hall–Kier alpha value is -3.54. The second-order valence-electron chi connectivity index (χ2n) is 7.65. The Kier molecular flexibility index (Phi) is 6.77. The molecule has 0 aliphatic carbocycles. The van der Waals surface area contributed by atoms with Gasteiger partial charge in [0.05, 0.1) is 25.2 Å². The smallest absolute Gasteiger partial charge is 0.324 e. The maximum Gasteiger partial charge on any atom is 0.324 e. The maximum atomic E-state index is 13.4. The lowest BCUT2D eigenvalue weighted by Gasteiger charge is -2.33. The van der Waals surface area contributed by atoms with Crippen LogP contribution < -0.4 is 9.64 Å². The Balaban J connectivity index is 1.58. The number of alkyl halides is 2. The predicted molar refractivity (Wildman–Crippen MR) is 119 cm³/mol. The van der Waals surface area contributed by atoms with Crippen LogP contribution in [0.15, 0.2) is 52.9 Å². The van der Waals surface area contributed by atoms with Gasteiger partial charge in [0, 0.05) is 30.4 Å². The lowest BCUT2D eigenvalue weighted by atomic mass is 10.1. The van der Waals surface area contributed by atoms with Gasteiger partial charge in [0.25, 0.3) is 5.89 Å². The Morgan fingerprint density at radius 2 is 1.85 bits per heavy atom. The number of carbonyl (C=O) groups excluding carboxylic acids is 1. The van der Waals surface area contributed by atoms with E-state index in [1.54, 1.807) is 48.5 Å². The molecular weight excluding hydrogens is 470 g/mol. The van der Waals surface area contributed by atoms with Gasteiger partial charge in [-0.05, 0) is 29.8 Å². The van der Waals surface area contributed by atoms with Crippen molar-refractivity contribution in [3.05, 3.63) is 60.0 Å². The minimum Gasteiger partial charge on any atom is -0.497 e. The highest BCUT2D eigenvalue weighted by Gasteiger charge is 2.29. The summed E-state index contributed by atoms with van der Waals surface area (Å²) in [5.41, 5.74) is 1.79. The van der Waals surface area contributed by atoms with Crippen LogP contribution >= 0.6 is 0 Å². The fourth-order valence-corrected chi connectivity index (χ4v) is 4.70. The first-order valence-corrected chi connectivity index (χ1v) is 12.2. The van der Waals surface area contributed by atoms with Crippen LogP contribution in [0.5, 0.6) is 5.75 Å². The van der Waals surface area contributed by atoms with Gasteiger partial charge < -0.3 is 14.1 Å². The van der Waals surface area contributed by atoms with E-state index in [1.165, 1.54) is 16.9 Å². The van der Waals surface area contributed by atoms with E-state index in [0.29, 0.717) is 17.0 Å². The monoisotopic (exact) mass is 492 g/mol. The van der Waals surface area contributed by atoms with E-state index in [4.69, 9.17) is 9.15 Å². The lowest BCUT2D eigenvalue weighted by molar-refractivity contribution is 0.116. The zero-order valence-electron chi connectivity index (χ0n) is 18.2. The summed E-state index contributed by atoms with van der Waals surface area (Å²) in [6.07, 6.45) is -2.85. The lowest BCUT2D eigenvalue weighted by Crippen LogP contribution is -2.49. The standard InChI is InChI=1S/C22H22F2N4O5S/c1-32-18-4-2-3-17(13-18)28(22(29)27-9-11-34(30,31)12-10-27)14-15-5-7-16(8-6-15)20-25-26-21(33-20)19(23)24/h2-8,13,19H,9-12,14H2,1H3. The molecule has 0 spiro atoms. The molecule has 0 atom stereocenters. The molecule has 1 aromatic heterocycles. The molecule has 0 N–H and O–H groups in total. The molecular formula is C22H22F2N4O5S. The van der Waals surface area contributed by atoms with E-state index in [2.05, 4.69) is 10.2 Å². The number of halogens is 2. The van der Waals surface area contributed by atoms with Crippen LogP contribution in [0.1, 0.15) is 17.9 Å². The zero-order valence-corrected chi connectivity index (χ0v) is 19.0. The van der Waals surface area contributed by atoms with Crippen LogP contribution in [-0.4, -0.2) is 61.3 Å². The molecule has 3 aromatic rings. The second kappa shape index (κ2) is 9.75. The number of hydrogen-bond donors (Lipinski definition) is 0. The van der Waals surface area contributed by atoms with Crippen LogP contribution in [0.3, 0.4) is 0 Å². The first kappa shape index (κ1) is 23.6. The van der Waals surface area contributed by atoms with Gasteiger partial charge in [-0.1, -0.05) is 18.2 Å². The average Bonchev–Trinajstić information content (AvgIpc) is 3.33. The number of hydrogen-bond acceptors (Lipinski definition) is 7. The largest absolute Gasteiger partial charge is 0.497 e. The summed E-state index contributed by atoms with van der Waals surface area (Å²) < 4.78 is 59.3. The van der Waals surface area contributed by atoms with Crippen LogP contribution in [0.4, 0.5) is 19.3 Å². The van der Waals surface area contributed by atoms with Crippen LogP contribution in [0, 0.1) is 0 Å². The third kappa shape index (κ3) is 5.33. The molecule has 1 saturated heterocycles. The van der Waals surface area contributed by atoms with Crippen molar-refractivity contribution in [3.63, 3.8) is 0 Å². The van der Waals surface area contributed by atoms with Gasteiger partial charge >= 0.3 is 12.5 Å². The third-order valence-electron chi connectivity index (χ3n) is 5.38. The molecule has 0 saturated carbocycles. The number of amides is 2. The summed E-state index contributed by atoms with van der Waals surface area (Å²) in [6.45, 7) is 0.413. The molecule has 34 heavy (non-hydrogen) atoms. The topological polar surface area (TPSA) is 106 Å². The van der Waals surface area contributed by atoms with Crippen molar-refractivity contribution in [2.45, 2.75) is 13.0 Å². The van der Waals surface area contributed by atoms with Gasteiger partial charge in [0.15, 0.2) is 9.84 Å². The number of anilines is 1. The Morgan fingerprint density at radius 3 is 2.47 bits per heavy atom. The highest BCUT2D eigenvalue weighted by molar-refractivity contribution is 7.91. The fourth-order valence-electron chi connectivity index (χ4n) is 3.50. The molecule has 1 aliphatic heterocycles. The molecule has 2 aromatic carbocycles. The van der Waals surface area contributed by atoms with Crippen LogP contribution in [0.2, 0.25) is 0 Å². The molecule has 1 fully saturated rings. The van der Waals surface area contributed by atoms with E-state index < -0.39 is 22.2 Å². The zero-order chi connectivity index (χ0) is 24.3. The van der Waals surface area contributed by atoms with Gasteiger partial charge in [0.1, 0.15) is 5.75 Å². The number of methoxy groups -OCH3 is 1. The summed E-state index contributed by atoms with van der Waals surface area (Å²) >= 11 is 0. The molecule has 180 valence electrons. The molecule has 2 heterocycles. The third-order valence-corrected chi connectivity index (χ3v) is 6.99. The first-order valence-electron chi connectivity index (χ1n) is 10.4. The summed E-state index contributed by atoms with van der Waals surface area (Å²) in [4.78, 5) is 16.4. The van der Waals surface area contributed by atoms with E-state index in [0.717, 1.165) is 5.56 Å². The van der Waals surface area contributed by atoms with Gasteiger partial charge in [-0.2, -0.15) is 8.78 Å². The van der Waals surface area contributed by atoms with Crippen molar-refractivity contribution in [3.8, 4) is 17.2 Å². The van der Waals surface area contributed by atoms with E-state index in [1.807, 2.05) is 0 Å². The van der Waals surface area contributed by atoms with Crippen LogP contribution in [0.25, 0.3) is 11.5 Å². The minimum atomic E-state index is -3.14. The van der Waals surface area contributed by atoms with Crippen molar-refractivity contribution >= 4 is 21.6 Å². The highest BCUT2D eigenvalue weighted by Crippen LogP contribution is 2.27. The summed E-state index contributed by atoms with van der Waals surface area (Å²) in [5, 5.41) is 6.96. The normalized spacial score (nSPS) is 15.4. The average molecular weight is 493 g/mol. The molecule has 9 nitrogen and oxygen atoms in total. The Bertz CT molecular complexity index is 1250. The number of rotatable bonds is 6. The number of aromatic nitrogens is 2. The summed E-state index contributed by atoms with van der Waals surface area (Å²) in [7, 11) is -1.62. The highest BCUT2D eigenvalue weighted by atomic mass is 32.2. The predicted octanol–water partition coefficient (Wildman–Crippen LogP) is 3.54. The van der Waals surface area contributed by atoms with Gasteiger partial charge in [-0.15, -0.1) is 10.2 Å². The SMILES string of the molecule is COc1cccc(N(Cc2ccc(-c3nnc(C(F)F)o3)cc2)C(=O)N2CCS(=O)(=O)CC2)c1. The minimum absolute atomic E-state index is 0.0305. The first-order chi connectivity index (χ1) is 16.3. The van der Waals surface area contributed by atoms with Gasteiger partial charge in [-0.25, -0.2) is 13.2 Å². The van der Waals surface area contributed by atoms with E-state index in [9.17, 15) is 22.0 Å². The number of ether oxygens (including phenoxy) is 1. The number of nitrogens with zero attached hydrogens (tertiary/aromatic N) is 4. The maximum absolute atomic E-state index is 13.4. The fraction of sp³-hybridized carbons (Fsp3) is 0.318. The Labute approximate surface area is 194 Å². The number of sulfone groups is 1. The summed E-state index contributed by atoms with van der Waals surface area (Å²) in [5.74, 6) is -0.374. The number of urea groups is 1. The quantitative estimate of drug-likeness (QED) is 0.518.